The van der Waals surface area contributed by atoms with Gasteiger partial charge in [0.25, 0.3) is 0 Å². The molecule has 0 amide bonds. The monoisotopic (exact) mass is 432 g/mol. The van der Waals surface area contributed by atoms with Crippen molar-refractivity contribution in [2.75, 3.05) is 6.61 Å². The van der Waals surface area contributed by atoms with Crippen molar-refractivity contribution in [2.24, 2.45) is 5.92 Å². The van der Waals surface area contributed by atoms with Crippen molar-refractivity contribution in [3.8, 4) is 0 Å². The van der Waals surface area contributed by atoms with Crippen molar-refractivity contribution < 1.29 is 9.53 Å². The van der Waals surface area contributed by atoms with Crippen LogP contribution in [0, 0.1) is 5.92 Å². The lowest BCUT2D eigenvalue weighted by Crippen LogP contribution is -2.14. The van der Waals surface area contributed by atoms with E-state index in [0.29, 0.717) is 18.1 Å². The molecule has 0 aliphatic carbocycles. The minimum atomic E-state index is -0.206. The molecule has 0 aliphatic rings. The van der Waals surface area contributed by atoms with Crippen LogP contribution in [0.15, 0.2) is 66.7 Å². The number of carbonyl (C=O) groups excluding carboxylic acids is 1. The van der Waals surface area contributed by atoms with E-state index in [1.54, 1.807) is 0 Å². The van der Waals surface area contributed by atoms with E-state index in [-0.39, 0.29) is 5.97 Å². The van der Waals surface area contributed by atoms with Gasteiger partial charge in [0.05, 0.1) is 12.2 Å². The average molecular weight is 433 g/mol. The third-order valence-corrected chi connectivity index (χ3v) is 7.47. The predicted octanol–water partition coefficient (Wildman–Crippen LogP) is 8.70. The van der Waals surface area contributed by atoms with Gasteiger partial charge in [0.15, 0.2) is 0 Å². The topological polar surface area (TPSA) is 26.3 Å². The fourth-order valence-corrected chi connectivity index (χ4v) is 5.67. The van der Waals surface area contributed by atoms with Crippen molar-refractivity contribution in [1.29, 1.82) is 0 Å². The third kappa shape index (κ3) is 3.04. The van der Waals surface area contributed by atoms with Gasteiger partial charge in [0.2, 0.25) is 0 Å². The van der Waals surface area contributed by atoms with Gasteiger partial charge in [-0.15, -0.1) is 0 Å². The summed E-state index contributed by atoms with van der Waals surface area (Å²) in [6.07, 6.45) is 4.50. The highest BCUT2D eigenvalue weighted by Gasteiger charge is 2.22. The summed E-state index contributed by atoms with van der Waals surface area (Å²) in [6.45, 7) is 4.88. The Labute approximate surface area is 193 Å². The number of rotatable bonds is 7. The molecular weight excluding hydrogens is 404 g/mol. The smallest absolute Gasteiger partial charge is 0.338 e. The van der Waals surface area contributed by atoms with Gasteiger partial charge in [-0.1, -0.05) is 93.8 Å². The van der Waals surface area contributed by atoms with Crippen LogP contribution in [0.5, 0.6) is 0 Å². The molecule has 1 atom stereocenters. The number of benzene rings is 6. The second kappa shape index (κ2) is 7.88. The van der Waals surface area contributed by atoms with Crippen molar-refractivity contribution in [1.82, 2.24) is 0 Å². The fourth-order valence-electron chi connectivity index (χ4n) is 5.67. The second-order valence-corrected chi connectivity index (χ2v) is 9.40. The van der Waals surface area contributed by atoms with Crippen LogP contribution in [-0.4, -0.2) is 12.6 Å². The van der Waals surface area contributed by atoms with Crippen molar-refractivity contribution >= 4 is 59.8 Å². The van der Waals surface area contributed by atoms with Crippen molar-refractivity contribution in [3.63, 3.8) is 0 Å². The van der Waals surface area contributed by atoms with E-state index in [0.717, 1.165) is 23.6 Å². The second-order valence-electron chi connectivity index (χ2n) is 9.40. The van der Waals surface area contributed by atoms with E-state index in [2.05, 4.69) is 74.5 Å². The summed E-state index contributed by atoms with van der Waals surface area (Å²) >= 11 is 0. The molecule has 0 aliphatic heterocycles. The summed E-state index contributed by atoms with van der Waals surface area (Å²) in [7, 11) is 0. The van der Waals surface area contributed by atoms with Gasteiger partial charge >= 0.3 is 5.97 Å². The molecular formula is C31H28O2. The lowest BCUT2D eigenvalue weighted by molar-refractivity contribution is 0.0430. The lowest BCUT2D eigenvalue weighted by Gasteiger charge is -2.20. The average Bonchev–Trinajstić information content (AvgIpc) is 2.86. The Morgan fingerprint density at radius 1 is 0.758 bits per heavy atom. The standard InChI is InChI=1S/C31H28O2/c1-3-5-8-19(4-2)18-33-31(32)26-17-22-14-13-20-9-6-11-23-24-12-7-10-21-15-16-25(26)30(28(21)24)29(22)27(20)23/h6-7,9-17,19H,3-5,8,18H2,1-2H3. The lowest BCUT2D eigenvalue weighted by atomic mass is 9.84. The first-order chi connectivity index (χ1) is 16.2. The van der Waals surface area contributed by atoms with E-state index in [1.807, 2.05) is 6.07 Å². The van der Waals surface area contributed by atoms with E-state index in [4.69, 9.17) is 4.74 Å². The molecule has 0 fully saturated rings. The largest absolute Gasteiger partial charge is 0.462 e. The van der Waals surface area contributed by atoms with E-state index in [1.165, 1.54) is 55.9 Å². The number of fused-ring (bicyclic) bond motifs is 1. The van der Waals surface area contributed by atoms with Crippen LogP contribution in [-0.2, 0) is 4.74 Å². The highest BCUT2D eigenvalue weighted by molar-refractivity contribution is 6.40. The van der Waals surface area contributed by atoms with Crippen LogP contribution in [0.25, 0.3) is 53.9 Å². The number of ether oxygens (including phenoxy) is 1. The third-order valence-electron chi connectivity index (χ3n) is 7.47. The van der Waals surface area contributed by atoms with E-state index in [9.17, 15) is 4.79 Å². The highest BCUT2D eigenvalue weighted by Crippen LogP contribution is 2.45. The van der Waals surface area contributed by atoms with Gasteiger partial charge in [0.1, 0.15) is 0 Å². The maximum Gasteiger partial charge on any atom is 0.338 e. The minimum absolute atomic E-state index is 0.206. The molecule has 6 aromatic carbocycles. The molecule has 0 aromatic heterocycles. The van der Waals surface area contributed by atoms with Crippen molar-refractivity contribution in [2.45, 2.75) is 39.5 Å². The number of carbonyl (C=O) groups is 1. The van der Waals surface area contributed by atoms with E-state index < -0.39 is 0 Å². The first-order valence-corrected chi connectivity index (χ1v) is 12.2. The summed E-state index contributed by atoms with van der Waals surface area (Å²) in [5.41, 5.74) is 0.679. The molecule has 2 heteroatoms. The first kappa shape index (κ1) is 20.2. The van der Waals surface area contributed by atoms with Crippen LogP contribution >= 0.6 is 0 Å². The SMILES string of the molecule is CCCCC(CC)COC(=O)c1cc2ccc3cccc4c5cccc6ccc1c(c65)c2c34. The molecule has 0 saturated heterocycles. The summed E-state index contributed by atoms with van der Waals surface area (Å²) in [4.78, 5) is 13.4. The molecule has 2 nitrogen and oxygen atoms in total. The molecule has 0 heterocycles. The Hall–Kier alpha value is -3.39. The van der Waals surface area contributed by atoms with Crippen LogP contribution in [0.2, 0.25) is 0 Å². The fraction of sp³-hybridized carbons (Fsp3) is 0.258. The molecule has 0 spiro atoms. The molecule has 0 bridgehead atoms. The molecule has 6 aromatic rings. The summed E-state index contributed by atoms with van der Waals surface area (Å²) in [5.74, 6) is 0.223. The summed E-state index contributed by atoms with van der Waals surface area (Å²) in [5, 5.41) is 12.1. The Morgan fingerprint density at radius 3 is 2.12 bits per heavy atom. The Kier molecular flexibility index (Phi) is 4.83. The molecule has 6 rings (SSSR count). The molecule has 164 valence electrons. The maximum absolute atomic E-state index is 13.4. The number of hydrogen-bond acceptors (Lipinski definition) is 2. The number of esters is 1. The predicted molar refractivity (Wildman–Crippen MR) is 140 cm³/mol. The zero-order valence-corrected chi connectivity index (χ0v) is 19.3. The van der Waals surface area contributed by atoms with Crippen LogP contribution < -0.4 is 0 Å². The van der Waals surface area contributed by atoms with Gasteiger partial charge in [-0.3, -0.25) is 0 Å². The summed E-state index contributed by atoms with van der Waals surface area (Å²) < 4.78 is 5.91. The Balaban J connectivity index is 1.58. The van der Waals surface area contributed by atoms with Crippen LogP contribution in [0.1, 0.15) is 49.9 Å². The zero-order valence-electron chi connectivity index (χ0n) is 19.3. The van der Waals surface area contributed by atoms with E-state index >= 15 is 0 Å². The maximum atomic E-state index is 13.4. The molecule has 1 unspecified atom stereocenters. The van der Waals surface area contributed by atoms with Crippen LogP contribution in [0.4, 0.5) is 0 Å². The number of hydrogen-bond donors (Lipinski definition) is 0. The van der Waals surface area contributed by atoms with Gasteiger partial charge in [0, 0.05) is 0 Å². The number of unbranched alkanes of at least 4 members (excludes halogenated alkanes) is 1. The van der Waals surface area contributed by atoms with Gasteiger partial charge in [-0.25, -0.2) is 4.79 Å². The Morgan fingerprint density at radius 2 is 1.42 bits per heavy atom. The van der Waals surface area contributed by atoms with Crippen LogP contribution in [0.3, 0.4) is 0 Å². The van der Waals surface area contributed by atoms with Gasteiger partial charge in [-0.2, -0.15) is 0 Å². The van der Waals surface area contributed by atoms with Gasteiger partial charge in [-0.05, 0) is 72.3 Å². The van der Waals surface area contributed by atoms with Gasteiger partial charge < -0.3 is 4.74 Å². The summed E-state index contributed by atoms with van der Waals surface area (Å²) in [6, 6.07) is 23.7. The minimum Gasteiger partial charge on any atom is -0.462 e. The molecule has 0 N–H and O–H groups in total. The normalized spacial score (nSPS) is 13.2. The molecule has 0 saturated carbocycles. The highest BCUT2D eigenvalue weighted by atomic mass is 16.5. The first-order valence-electron chi connectivity index (χ1n) is 12.2. The molecule has 33 heavy (non-hydrogen) atoms. The zero-order chi connectivity index (χ0) is 22.5. The van der Waals surface area contributed by atoms with Crippen molar-refractivity contribution in [3.05, 3.63) is 72.3 Å². The quantitative estimate of drug-likeness (QED) is 0.143. The molecule has 0 radical (unpaired) electrons. The Bertz CT molecular complexity index is 1610.